The highest BCUT2D eigenvalue weighted by Crippen LogP contribution is 2.27. The number of nitrogens with zero attached hydrogens (tertiary/aromatic N) is 1. The van der Waals surface area contributed by atoms with E-state index >= 15 is 0 Å². The Morgan fingerprint density at radius 3 is 2.78 bits per heavy atom. The van der Waals surface area contributed by atoms with Gasteiger partial charge in [0.05, 0.1) is 6.61 Å². The highest BCUT2D eigenvalue weighted by Gasteiger charge is 2.22. The Balaban J connectivity index is 2.17. The average Bonchev–Trinajstić information content (AvgIpc) is 2.37. The van der Waals surface area contributed by atoms with E-state index in [0.717, 1.165) is 13.1 Å². The van der Waals surface area contributed by atoms with Crippen LogP contribution in [0.2, 0.25) is 0 Å². The predicted molar refractivity (Wildman–Crippen MR) is 72.0 cm³/mol. The molecular formula is C15H19NO2. The number of likely N-dealkylation sites (N-methyl/N-ethyl adjacent to an activating group) is 1. The van der Waals surface area contributed by atoms with Crippen molar-refractivity contribution < 1.29 is 9.53 Å². The van der Waals surface area contributed by atoms with Crippen molar-refractivity contribution in [3.8, 4) is 0 Å². The maximum atomic E-state index is 11.0. The summed E-state index contributed by atoms with van der Waals surface area (Å²) in [6.45, 7) is 3.79. The maximum absolute atomic E-state index is 11.0. The van der Waals surface area contributed by atoms with Crippen LogP contribution >= 0.6 is 0 Å². The zero-order valence-corrected chi connectivity index (χ0v) is 10.9. The van der Waals surface area contributed by atoms with Crippen LogP contribution in [0.15, 0.2) is 36.4 Å². The highest BCUT2D eigenvalue weighted by atomic mass is 16.5. The minimum absolute atomic E-state index is 0.212. The van der Waals surface area contributed by atoms with Gasteiger partial charge in [0.2, 0.25) is 0 Å². The molecule has 0 aliphatic carbocycles. The number of rotatable bonds is 3. The van der Waals surface area contributed by atoms with Gasteiger partial charge in [0.25, 0.3) is 0 Å². The van der Waals surface area contributed by atoms with Gasteiger partial charge in [0.1, 0.15) is 0 Å². The first kappa shape index (κ1) is 12.8. The topological polar surface area (TPSA) is 29.5 Å². The van der Waals surface area contributed by atoms with Gasteiger partial charge in [-0.2, -0.15) is 0 Å². The Kier molecular flexibility index (Phi) is 4.15. The first-order valence-electron chi connectivity index (χ1n) is 6.24. The molecule has 0 radical (unpaired) electrons. The van der Waals surface area contributed by atoms with E-state index in [2.05, 4.69) is 30.2 Å². The largest absolute Gasteiger partial charge is 0.465 e. The lowest BCUT2D eigenvalue weighted by Gasteiger charge is -2.30. The van der Waals surface area contributed by atoms with Crippen molar-refractivity contribution in [3.63, 3.8) is 0 Å². The molecule has 96 valence electrons. The zero-order chi connectivity index (χ0) is 13.0. The molecule has 0 bridgehead atoms. The van der Waals surface area contributed by atoms with E-state index in [-0.39, 0.29) is 11.9 Å². The SMILES string of the molecule is CC(=O)OCC1CN(C)CC=C1c1ccccc1. The van der Waals surface area contributed by atoms with Gasteiger partial charge < -0.3 is 9.64 Å². The van der Waals surface area contributed by atoms with Gasteiger partial charge in [0.15, 0.2) is 0 Å². The summed E-state index contributed by atoms with van der Waals surface area (Å²) in [5, 5.41) is 0. The van der Waals surface area contributed by atoms with Crippen LogP contribution in [-0.2, 0) is 9.53 Å². The van der Waals surface area contributed by atoms with E-state index in [1.807, 2.05) is 18.2 Å². The van der Waals surface area contributed by atoms with Gasteiger partial charge in [0, 0.05) is 25.9 Å². The number of benzene rings is 1. The van der Waals surface area contributed by atoms with Gasteiger partial charge in [-0.3, -0.25) is 4.79 Å². The third-order valence-electron chi connectivity index (χ3n) is 3.19. The Hall–Kier alpha value is -1.61. The lowest BCUT2D eigenvalue weighted by atomic mass is 9.90. The molecule has 0 saturated heterocycles. The van der Waals surface area contributed by atoms with Gasteiger partial charge in [-0.1, -0.05) is 36.4 Å². The van der Waals surface area contributed by atoms with Crippen molar-refractivity contribution in [3.05, 3.63) is 42.0 Å². The van der Waals surface area contributed by atoms with Gasteiger partial charge in [-0.25, -0.2) is 0 Å². The lowest BCUT2D eigenvalue weighted by Crippen LogP contribution is -2.33. The standard InChI is InChI=1S/C15H19NO2/c1-12(17)18-11-14-10-16(2)9-8-15(14)13-6-4-3-5-7-13/h3-8,14H,9-11H2,1-2H3. The predicted octanol–water partition coefficient (Wildman–Crippen LogP) is 2.19. The summed E-state index contributed by atoms with van der Waals surface area (Å²) < 4.78 is 5.17. The molecule has 1 unspecified atom stereocenters. The molecule has 0 N–H and O–H groups in total. The lowest BCUT2D eigenvalue weighted by molar-refractivity contribution is -0.141. The Labute approximate surface area is 108 Å². The highest BCUT2D eigenvalue weighted by molar-refractivity contribution is 5.70. The summed E-state index contributed by atoms with van der Waals surface area (Å²) in [5.74, 6) is 0.0469. The molecule has 2 rings (SSSR count). The molecule has 0 saturated carbocycles. The van der Waals surface area contributed by atoms with Crippen LogP contribution < -0.4 is 0 Å². The first-order chi connectivity index (χ1) is 8.66. The Morgan fingerprint density at radius 1 is 1.39 bits per heavy atom. The smallest absolute Gasteiger partial charge is 0.302 e. The fraction of sp³-hybridized carbons (Fsp3) is 0.400. The van der Waals surface area contributed by atoms with Crippen molar-refractivity contribution in [2.24, 2.45) is 5.92 Å². The van der Waals surface area contributed by atoms with Crippen molar-refractivity contribution >= 4 is 11.5 Å². The minimum atomic E-state index is -0.212. The summed E-state index contributed by atoms with van der Waals surface area (Å²) in [4.78, 5) is 13.2. The third kappa shape index (κ3) is 3.20. The Morgan fingerprint density at radius 2 is 2.11 bits per heavy atom. The average molecular weight is 245 g/mol. The van der Waals surface area contributed by atoms with E-state index in [4.69, 9.17) is 4.74 Å². The molecule has 3 heteroatoms. The second kappa shape index (κ2) is 5.83. The quantitative estimate of drug-likeness (QED) is 0.765. The molecule has 18 heavy (non-hydrogen) atoms. The van der Waals surface area contributed by atoms with Crippen molar-refractivity contribution in [2.75, 3.05) is 26.7 Å². The zero-order valence-electron chi connectivity index (χ0n) is 10.9. The van der Waals surface area contributed by atoms with E-state index in [9.17, 15) is 4.79 Å². The van der Waals surface area contributed by atoms with Crippen LogP contribution in [0.3, 0.4) is 0 Å². The number of carbonyl (C=O) groups excluding carboxylic acids is 1. The van der Waals surface area contributed by atoms with Crippen molar-refractivity contribution in [2.45, 2.75) is 6.92 Å². The van der Waals surface area contributed by atoms with E-state index in [1.165, 1.54) is 18.1 Å². The normalized spacial score (nSPS) is 20.3. The summed E-state index contributed by atoms with van der Waals surface area (Å²) in [6.07, 6.45) is 2.23. The minimum Gasteiger partial charge on any atom is -0.465 e. The number of carbonyl (C=O) groups is 1. The fourth-order valence-corrected chi connectivity index (χ4v) is 2.31. The maximum Gasteiger partial charge on any atom is 0.302 e. The molecule has 1 heterocycles. The summed E-state index contributed by atoms with van der Waals surface area (Å²) in [7, 11) is 2.08. The van der Waals surface area contributed by atoms with E-state index in [1.54, 1.807) is 0 Å². The van der Waals surface area contributed by atoms with Crippen molar-refractivity contribution in [1.29, 1.82) is 0 Å². The second-order valence-corrected chi connectivity index (χ2v) is 4.75. The van der Waals surface area contributed by atoms with Crippen LogP contribution in [0.25, 0.3) is 5.57 Å². The summed E-state index contributed by atoms with van der Waals surface area (Å²) in [5.41, 5.74) is 2.51. The summed E-state index contributed by atoms with van der Waals surface area (Å²) >= 11 is 0. The molecule has 0 spiro atoms. The molecule has 0 fully saturated rings. The van der Waals surface area contributed by atoms with Crippen LogP contribution in [0, 0.1) is 5.92 Å². The van der Waals surface area contributed by atoms with Crippen LogP contribution in [0.5, 0.6) is 0 Å². The van der Waals surface area contributed by atoms with Gasteiger partial charge in [-0.05, 0) is 18.2 Å². The van der Waals surface area contributed by atoms with Crippen molar-refractivity contribution in [1.82, 2.24) is 4.90 Å². The monoisotopic (exact) mass is 245 g/mol. The molecule has 0 amide bonds. The number of hydrogen-bond acceptors (Lipinski definition) is 3. The fourth-order valence-electron chi connectivity index (χ4n) is 2.31. The molecule has 3 nitrogen and oxygen atoms in total. The number of esters is 1. The molecule has 1 atom stereocenters. The van der Waals surface area contributed by atoms with E-state index in [0.29, 0.717) is 6.61 Å². The second-order valence-electron chi connectivity index (χ2n) is 4.75. The van der Waals surface area contributed by atoms with Crippen LogP contribution in [0.1, 0.15) is 12.5 Å². The molecule has 1 aliphatic heterocycles. The third-order valence-corrected chi connectivity index (χ3v) is 3.19. The Bertz CT molecular complexity index is 439. The van der Waals surface area contributed by atoms with Crippen LogP contribution in [0.4, 0.5) is 0 Å². The van der Waals surface area contributed by atoms with Gasteiger partial charge >= 0.3 is 5.97 Å². The van der Waals surface area contributed by atoms with Gasteiger partial charge in [-0.15, -0.1) is 0 Å². The molecule has 0 aromatic heterocycles. The number of ether oxygens (including phenoxy) is 1. The van der Waals surface area contributed by atoms with Crippen LogP contribution in [-0.4, -0.2) is 37.6 Å². The molecule has 1 aromatic carbocycles. The molecular weight excluding hydrogens is 226 g/mol. The van der Waals surface area contributed by atoms with E-state index < -0.39 is 0 Å². The first-order valence-corrected chi connectivity index (χ1v) is 6.24. The number of hydrogen-bond donors (Lipinski definition) is 0. The molecule has 1 aromatic rings. The summed E-state index contributed by atoms with van der Waals surface area (Å²) in [6, 6.07) is 10.3. The molecule has 1 aliphatic rings.